The van der Waals surface area contributed by atoms with Crippen LogP contribution in [0.15, 0.2) is 195 Å². The Morgan fingerprint density at radius 3 is 0.946 bits per heavy atom. The summed E-state index contributed by atoms with van der Waals surface area (Å²) < 4.78 is 4.41. The Morgan fingerprint density at radius 1 is 0.304 bits per heavy atom. The molecule has 0 radical (unpaired) electrons. The van der Waals surface area contributed by atoms with Crippen LogP contribution < -0.4 is 9.13 Å². The Kier molecular flexibility index (Phi) is 9.65. The van der Waals surface area contributed by atoms with E-state index < -0.39 is 0 Å². The van der Waals surface area contributed by atoms with Crippen molar-refractivity contribution in [3.05, 3.63) is 206 Å². The highest BCUT2D eigenvalue weighted by atomic mass is 14.9. The largest absolute Gasteiger partial charge is 0.255 e. The summed E-state index contributed by atoms with van der Waals surface area (Å²) in [4.78, 5) is 28.1. The zero-order valence-corrected chi connectivity index (χ0v) is 30.5. The van der Waals surface area contributed by atoms with Crippen LogP contribution in [0.2, 0.25) is 0 Å². The van der Waals surface area contributed by atoms with Gasteiger partial charge in [-0.15, -0.1) is 0 Å². The lowest BCUT2D eigenvalue weighted by Crippen LogP contribution is -2.34. The van der Waals surface area contributed by atoms with E-state index in [1.165, 1.54) is 11.1 Å². The number of nitrogens with zero attached hydrogens (tertiary/aromatic N) is 8. The SMILES string of the molecule is c1ccc(-c2cc(-c3cc[n+](Cc4cccc(C[n+]5ccc(-c6cc(-c7ccccn7)nc(-c7ccccn7)c6)cc5)c4)cc3)cc(-c3ccccn3)n2)nc1. The van der Waals surface area contributed by atoms with E-state index in [2.05, 4.69) is 127 Å². The molecule has 0 bridgehead atoms. The Balaban J connectivity index is 0.920. The van der Waals surface area contributed by atoms with Gasteiger partial charge in [0.25, 0.3) is 0 Å². The van der Waals surface area contributed by atoms with Gasteiger partial charge in [0.1, 0.15) is 0 Å². The number of hydrogen-bond donors (Lipinski definition) is 0. The first-order chi connectivity index (χ1) is 27.7. The molecule has 8 heterocycles. The topological polar surface area (TPSA) is 85.1 Å². The molecule has 1 aromatic carbocycles. The average molecular weight is 725 g/mol. The van der Waals surface area contributed by atoms with Gasteiger partial charge in [-0.3, -0.25) is 19.9 Å². The lowest BCUT2D eigenvalue weighted by Gasteiger charge is -2.09. The minimum Gasteiger partial charge on any atom is -0.255 e. The van der Waals surface area contributed by atoms with Crippen LogP contribution in [0.5, 0.6) is 0 Å². The van der Waals surface area contributed by atoms with Crippen molar-refractivity contribution in [2.24, 2.45) is 0 Å². The highest BCUT2D eigenvalue weighted by molar-refractivity contribution is 5.75. The molecule has 0 atom stereocenters. The van der Waals surface area contributed by atoms with Gasteiger partial charge in [0.2, 0.25) is 0 Å². The van der Waals surface area contributed by atoms with E-state index in [0.29, 0.717) is 0 Å². The Morgan fingerprint density at radius 2 is 0.643 bits per heavy atom. The van der Waals surface area contributed by atoms with Gasteiger partial charge < -0.3 is 0 Å². The third-order valence-electron chi connectivity index (χ3n) is 9.53. The second kappa shape index (κ2) is 15.8. The molecule has 0 unspecified atom stereocenters. The Hall–Kier alpha value is -7.58. The van der Waals surface area contributed by atoms with E-state index in [1.54, 1.807) is 24.8 Å². The third kappa shape index (κ3) is 7.85. The molecule has 8 aromatic heterocycles. The zero-order valence-electron chi connectivity index (χ0n) is 30.5. The number of rotatable bonds is 10. The second-order valence-electron chi connectivity index (χ2n) is 13.5. The van der Waals surface area contributed by atoms with Gasteiger partial charge in [-0.2, -0.15) is 0 Å². The van der Waals surface area contributed by atoms with Crippen LogP contribution in [-0.4, -0.2) is 29.9 Å². The van der Waals surface area contributed by atoms with Gasteiger partial charge in [0, 0.05) is 60.2 Å². The molecule has 0 amide bonds. The molecule has 0 aliphatic carbocycles. The maximum absolute atomic E-state index is 4.92. The third-order valence-corrected chi connectivity index (χ3v) is 9.53. The first-order valence-corrected chi connectivity index (χ1v) is 18.5. The quantitative estimate of drug-likeness (QED) is 0.131. The van der Waals surface area contributed by atoms with Gasteiger partial charge in [0.15, 0.2) is 37.9 Å². The number of benzene rings is 1. The first-order valence-electron chi connectivity index (χ1n) is 18.5. The van der Waals surface area contributed by atoms with E-state index >= 15 is 0 Å². The molecule has 9 rings (SSSR count). The van der Waals surface area contributed by atoms with Crippen LogP contribution in [0, 0.1) is 0 Å². The molecule has 0 aliphatic heterocycles. The molecule has 8 heteroatoms. The summed E-state index contributed by atoms with van der Waals surface area (Å²) >= 11 is 0. The van der Waals surface area contributed by atoms with Crippen molar-refractivity contribution in [1.29, 1.82) is 0 Å². The monoisotopic (exact) mass is 724 g/mol. The fourth-order valence-corrected chi connectivity index (χ4v) is 6.73. The Bertz CT molecular complexity index is 2410. The van der Waals surface area contributed by atoms with E-state index in [1.807, 2.05) is 72.8 Å². The van der Waals surface area contributed by atoms with Crippen molar-refractivity contribution < 1.29 is 9.13 Å². The fourth-order valence-electron chi connectivity index (χ4n) is 6.73. The molecular weight excluding hydrogens is 689 g/mol. The van der Waals surface area contributed by atoms with Crippen molar-refractivity contribution in [3.63, 3.8) is 0 Å². The van der Waals surface area contributed by atoms with Gasteiger partial charge >= 0.3 is 0 Å². The molecule has 0 saturated carbocycles. The number of aromatic nitrogens is 8. The maximum atomic E-state index is 4.92. The summed E-state index contributed by atoms with van der Waals surface area (Å²) in [5.74, 6) is 0. The smallest absolute Gasteiger partial charge is 0.173 e. The minimum atomic E-state index is 0.756. The molecule has 0 spiro atoms. The minimum absolute atomic E-state index is 0.756. The van der Waals surface area contributed by atoms with Crippen LogP contribution in [0.1, 0.15) is 11.1 Å². The highest BCUT2D eigenvalue weighted by Gasteiger charge is 2.14. The van der Waals surface area contributed by atoms with Crippen LogP contribution in [-0.2, 0) is 13.1 Å². The van der Waals surface area contributed by atoms with E-state index in [9.17, 15) is 0 Å². The summed E-state index contributed by atoms with van der Waals surface area (Å²) in [5, 5.41) is 0. The van der Waals surface area contributed by atoms with Gasteiger partial charge in [-0.05, 0) is 101 Å². The summed E-state index contributed by atoms with van der Waals surface area (Å²) in [7, 11) is 0. The molecule has 56 heavy (non-hydrogen) atoms. The predicted octanol–water partition coefficient (Wildman–Crippen LogP) is 8.73. The predicted molar refractivity (Wildman–Crippen MR) is 217 cm³/mol. The molecule has 0 saturated heterocycles. The number of hydrogen-bond acceptors (Lipinski definition) is 6. The molecular formula is C48H36N8+2. The van der Waals surface area contributed by atoms with Crippen molar-refractivity contribution in [1.82, 2.24) is 29.9 Å². The molecule has 0 fully saturated rings. The molecule has 8 nitrogen and oxygen atoms in total. The van der Waals surface area contributed by atoms with Crippen molar-refractivity contribution in [2.75, 3.05) is 0 Å². The van der Waals surface area contributed by atoms with Crippen LogP contribution in [0.25, 0.3) is 67.8 Å². The molecule has 0 N–H and O–H groups in total. The van der Waals surface area contributed by atoms with Crippen molar-refractivity contribution in [2.45, 2.75) is 13.1 Å². The summed E-state index contributed by atoms with van der Waals surface area (Å²) in [6.45, 7) is 1.51. The van der Waals surface area contributed by atoms with E-state index in [0.717, 1.165) is 80.9 Å². The maximum Gasteiger partial charge on any atom is 0.173 e. The first kappa shape index (κ1) is 34.2. The van der Waals surface area contributed by atoms with Crippen LogP contribution in [0.3, 0.4) is 0 Å². The van der Waals surface area contributed by atoms with Crippen molar-refractivity contribution in [3.8, 4) is 67.8 Å². The summed E-state index contributed by atoms with van der Waals surface area (Å²) in [6.07, 6.45) is 15.7. The van der Waals surface area contributed by atoms with Gasteiger partial charge in [-0.25, -0.2) is 19.1 Å². The Labute approximate surface area is 325 Å². The van der Waals surface area contributed by atoms with E-state index in [4.69, 9.17) is 9.97 Å². The number of pyridine rings is 8. The zero-order chi connectivity index (χ0) is 37.5. The van der Waals surface area contributed by atoms with E-state index in [-0.39, 0.29) is 0 Å². The molecule has 0 aliphatic rings. The highest BCUT2D eigenvalue weighted by Crippen LogP contribution is 2.30. The van der Waals surface area contributed by atoms with Gasteiger partial charge in [0.05, 0.1) is 45.6 Å². The second-order valence-corrected chi connectivity index (χ2v) is 13.5. The standard InChI is InChI=1S/C48H36N8/c1-5-20-49-41(12-1)45-29-39(30-46(53-45)42-13-2-6-21-50-42)37-16-24-55(25-17-37)33-35-10-9-11-36(28-35)34-56-26-18-38(19-27-56)40-31-47(43-14-3-7-22-51-43)54-48(32-40)44-15-4-8-23-52-44/h1-32H,33-34H2/q+2. The normalized spacial score (nSPS) is 11.0. The molecule has 9 aromatic rings. The van der Waals surface area contributed by atoms with Crippen LogP contribution in [0.4, 0.5) is 0 Å². The lowest BCUT2D eigenvalue weighted by molar-refractivity contribution is -0.689. The van der Waals surface area contributed by atoms with Gasteiger partial charge in [-0.1, -0.05) is 42.5 Å². The molecule has 266 valence electrons. The summed E-state index contributed by atoms with van der Waals surface area (Å²) in [6, 6.07) is 49.3. The fraction of sp³-hybridized carbons (Fsp3) is 0.0417. The summed E-state index contributed by atoms with van der Waals surface area (Å²) in [5.41, 5.74) is 13.3. The lowest BCUT2D eigenvalue weighted by atomic mass is 10.0. The average Bonchev–Trinajstić information content (AvgIpc) is 3.28. The van der Waals surface area contributed by atoms with Crippen LogP contribution >= 0.6 is 0 Å². The van der Waals surface area contributed by atoms with Crippen molar-refractivity contribution >= 4 is 0 Å².